The predicted octanol–water partition coefficient (Wildman–Crippen LogP) is 2.84. The number of halogens is 1. The van der Waals surface area contributed by atoms with Crippen LogP contribution in [0.25, 0.3) is 0 Å². The Balaban J connectivity index is 1.92. The minimum Gasteiger partial charge on any atom is -0.439 e. The van der Waals surface area contributed by atoms with Crippen LogP contribution in [0.4, 0.5) is 4.39 Å². The Morgan fingerprint density at radius 1 is 1.31 bits per heavy atom. The third kappa shape index (κ3) is 5.52. The summed E-state index contributed by atoms with van der Waals surface area (Å²) in [6.07, 6.45) is 1.97. The maximum atomic E-state index is 13.1. The predicted molar refractivity (Wildman–Crippen MR) is 96.1 cm³/mol. The van der Waals surface area contributed by atoms with Crippen molar-refractivity contribution >= 4 is 15.7 Å². The Morgan fingerprint density at radius 2 is 2.08 bits per heavy atom. The monoisotopic (exact) mass is 380 g/mol. The fourth-order valence-electron chi connectivity index (χ4n) is 2.18. The number of benzene rings is 1. The van der Waals surface area contributed by atoms with E-state index in [2.05, 4.69) is 10.3 Å². The first-order valence-corrected chi connectivity index (χ1v) is 9.91. The Kier molecular flexibility index (Phi) is 6.68. The standard InChI is InChI=1S/C18H21FN2O4S/c1-3-9-26(23,24)13(2)18(22)21-12-14-7-8-17(20-11-14)25-16-6-4-5-15(19)10-16/h4-8,10-11,13H,3,9,12H2,1-2H3,(H,21,22)/t13-/m1/s1. The third-order valence-electron chi connectivity index (χ3n) is 3.68. The lowest BCUT2D eigenvalue weighted by Gasteiger charge is -2.13. The SMILES string of the molecule is CCCS(=O)(=O)[C@H](C)C(=O)NCc1ccc(Oc2cccc(F)c2)nc1. The highest BCUT2D eigenvalue weighted by molar-refractivity contribution is 7.92. The van der Waals surface area contributed by atoms with Crippen molar-refractivity contribution in [1.82, 2.24) is 10.3 Å². The Labute approximate surface area is 152 Å². The zero-order valence-electron chi connectivity index (χ0n) is 14.6. The van der Waals surface area contributed by atoms with E-state index in [0.717, 1.165) is 0 Å². The van der Waals surface area contributed by atoms with Crippen LogP contribution in [0.5, 0.6) is 11.6 Å². The number of hydrogen-bond acceptors (Lipinski definition) is 5. The number of carbonyl (C=O) groups excluding carboxylic acids is 1. The molecule has 1 atom stereocenters. The molecule has 1 aromatic carbocycles. The van der Waals surface area contributed by atoms with Gasteiger partial charge in [0.15, 0.2) is 9.84 Å². The molecule has 1 N–H and O–H groups in total. The number of amides is 1. The number of pyridine rings is 1. The summed E-state index contributed by atoms with van der Waals surface area (Å²) in [6, 6.07) is 8.97. The molecule has 0 saturated heterocycles. The van der Waals surface area contributed by atoms with Crippen molar-refractivity contribution in [1.29, 1.82) is 0 Å². The van der Waals surface area contributed by atoms with Crippen LogP contribution in [0.1, 0.15) is 25.8 Å². The van der Waals surface area contributed by atoms with Crippen LogP contribution in [0, 0.1) is 5.82 Å². The summed E-state index contributed by atoms with van der Waals surface area (Å²) in [7, 11) is -3.44. The lowest BCUT2D eigenvalue weighted by molar-refractivity contribution is -0.120. The molecule has 0 unspecified atom stereocenters. The fourth-order valence-corrected chi connectivity index (χ4v) is 3.52. The van der Waals surface area contributed by atoms with Gasteiger partial charge in [0, 0.05) is 24.9 Å². The molecule has 0 aliphatic heterocycles. The molecule has 0 fully saturated rings. The van der Waals surface area contributed by atoms with Gasteiger partial charge in [-0.25, -0.2) is 17.8 Å². The van der Waals surface area contributed by atoms with E-state index in [4.69, 9.17) is 4.74 Å². The lowest BCUT2D eigenvalue weighted by atomic mass is 10.3. The van der Waals surface area contributed by atoms with E-state index in [1.165, 1.54) is 31.3 Å². The van der Waals surface area contributed by atoms with Crippen molar-refractivity contribution in [3.05, 3.63) is 54.0 Å². The smallest absolute Gasteiger partial charge is 0.238 e. The van der Waals surface area contributed by atoms with Crippen LogP contribution in [-0.4, -0.2) is 30.3 Å². The zero-order valence-corrected chi connectivity index (χ0v) is 15.4. The zero-order chi connectivity index (χ0) is 19.2. The van der Waals surface area contributed by atoms with Gasteiger partial charge < -0.3 is 10.1 Å². The molecular weight excluding hydrogens is 359 g/mol. The summed E-state index contributed by atoms with van der Waals surface area (Å²) in [5.41, 5.74) is 0.685. The van der Waals surface area contributed by atoms with E-state index < -0.39 is 26.8 Å². The van der Waals surface area contributed by atoms with Gasteiger partial charge in [0.25, 0.3) is 0 Å². The molecule has 8 heteroatoms. The minimum absolute atomic E-state index is 0.0186. The molecule has 0 aliphatic carbocycles. The molecule has 26 heavy (non-hydrogen) atoms. The van der Waals surface area contributed by atoms with Crippen LogP contribution >= 0.6 is 0 Å². The normalized spacial score (nSPS) is 12.4. The maximum absolute atomic E-state index is 13.1. The average Bonchev–Trinajstić information content (AvgIpc) is 2.60. The first kappa shape index (κ1) is 19.8. The number of rotatable bonds is 8. The molecule has 6 nitrogen and oxygen atoms in total. The van der Waals surface area contributed by atoms with E-state index in [0.29, 0.717) is 17.7 Å². The molecule has 0 saturated carbocycles. The van der Waals surface area contributed by atoms with Gasteiger partial charge in [-0.05, 0) is 31.0 Å². The summed E-state index contributed by atoms with van der Waals surface area (Å²) >= 11 is 0. The van der Waals surface area contributed by atoms with Crippen LogP contribution in [-0.2, 0) is 21.2 Å². The first-order chi connectivity index (χ1) is 12.3. The Hall–Kier alpha value is -2.48. The molecule has 140 valence electrons. The quantitative estimate of drug-likeness (QED) is 0.761. The summed E-state index contributed by atoms with van der Waals surface area (Å²) in [5.74, 6) is -0.361. The van der Waals surface area contributed by atoms with Crippen LogP contribution < -0.4 is 10.1 Å². The minimum atomic E-state index is -3.44. The molecular formula is C18H21FN2O4S. The molecule has 0 aliphatic rings. The van der Waals surface area contributed by atoms with Crippen molar-refractivity contribution in [3.8, 4) is 11.6 Å². The number of hydrogen-bond donors (Lipinski definition) is 1. The van der Waals surface area contributed by atoms with Gasteiger partial charge in [0.05, 0.1) is 5.75 Å². The molecule has 0 bridgehead atoms. The summed E-state index contributed by atoms with van der Waals surface area (Å²) in [4.78, 5) is 16.1. The molecule has 0 radical (unpaired) electrons. The number of aromatic nitrogens is 1. The van der Waals surface area contributed by atoms with Crippen molar-refractivity contribution in [3.63, 3.8) is 0 Å². The van der Waals surface area contributed by atoms with Crippen LogP contribution in [0.2, 0.25) is 0 Å². The number of nitrogens with one attached hydrogen (secondary N) is 1. The molecule has 1 amide bonds. The molecule has 1 heterocycles. The van der Waals surface area contributed by atoms with Gasteiger partial charge in [-0.3, -0.25) is 4.79 Å². The van der Waals surface area contributed by atoms with Crippen molar-refractivity contribution < 1.29 is 22.3 Å². The maximum Gasteiger partial charge on any atom is 0.238 e. The topological polar surface area (TPSA) is 85.4 Å². The number of ether oxygens (including phenoxy) is 1. The largest absolute Gasteiger partial charge is 0.439 e. The highest BCUT2D eigenvalue weighted by atomic mass is 32.2. The third-order valence-corrected chi connectivity index (χ3v) is 5.95. The van der Waals surface area contributed by atoms with Gasteiger partial charge in [-0.15, -0.1) is 0 Å². The summed E-state index contributed by atoms with van der Waals surface area (Å²) < 4.78 is 42.4. The average molecular weight is 380 g/mol. The Morgan fingerprint density at radius 3 is 2.69 bits per heavy atom. The van der Waals surface area contributed by atoms with Crippen LogP contribution in [0.3, 0.4) is 0 Å². The van der Waals surface area contributed by atoms with Gasteiger partial charge >= 0.3 is 0 Å². The van der Waals surface area contributed by atoms with E-state index in [1.54, 1.807) is 25.1 Å². The van der Waals surface area contributed by atoms with Crippen molar-refractivity contribution in [2.75, 3.05) is 5.75 Å². The van der Waals surface area contributed by atoms with Gasteiger partial charge in [0.1, 0.15) is 16.8 Å². The second-order valence-electron chi connectivity index (χ2n) is 5.79. The van der Waals surface area contributed by atoms with Gasteiger partial charge in [-0.2, -0.15) is 0 Å². The Bertz CT molecular complexity index is 854. The van der Waals surface area contributed by atoms with Crippen molar-refractivity contribution in [2.45, 2.75) is 32.1 Å². The van der Waals surface area contributed by atoms with E-state index >= 15 is 0 Å². The van der Waals surface area contributed by atoms with E-state index in [1.807, 2.05) is 0 Å². The highest BCUT2D eigenvalue weighted by Crippen LogP contribution is 2.20. The van der Waals surface area contributed by atoms with Gasteiger partial charge in [-0.1, -0.05) is 19.1 Å². The second-order valence-corrected chi connectivity index (χ2v) is 8.23. The van der Waals surface area contributed by atoms with Crippen LogP contribution in [0.15, 0.2) is 42.6 Å². The number of nitrogens with zero attached hydrogens (tertiary/aromatic N) is 1. The highest BCUT2D eigenvalue weighted by Gasteiger charge is 2.26. The van der Waals surface area contributed by atoms with E-state index in [9.17, 15) is 17.6 Å². The summed E-state index contributed by atoms with van der Waals surface area (Å²) in [6.45, 7) is 3.29. The van der Waals surface area contributed by atoms with Gasteiger partial charge in [0.2, 0.25) is 11.8 Å². The lowest BCUT2D eigenvalue weighted by Crippen LogP contribution is -2.38. The number of sulfone groups is 1. The second kappa shape index (κ2) is 8.75. The fraction of sp³-hybridized carbons (Fsp3) is 0.333. The first-order valence-electron chi connectivity index (χ1n) is 8.19. The number of carbonyl (C=O) groups is 1. The molecule has 1 aromatic heterocycles. The molecule has 2 rings (SSSR count). The molecule has 0 spiro atoms. The van der Waals surface area contributed by atoms with E-state index in [-0.39, 0.29) is 18.2 Å². The molecule has 2 aromatic rings. The summed E-state index contributed by atoms with van der Waals surface area (Å²) in [5, 5.41) is 1.50. The van der Waals surface area contributed by atoms with Crippen molar-refractivity contribution in [2.24, 2.45) is 0 Å².